The number of hydrogen-bond acceptors (Lipinski definition) is 3. The largest absolute Gasteiger partial charge is 0.357 e. The number of hydrogen-bond donors (Lipinski definition) is 0. The number of aldehydes is 1. The van der Waals surface area contributed by atoms with E-state index >= 15 is 0 Å². The average molecular weight is 218 g/mol. The number of carbonyl (C=O) groups is 1. The van der Waals surface area contributed by atoms with E-state index in [1.165, 1.54) is 12.8 Å². The van der Waals surface area contributed by atoms with Crippen LogP contribution in [-0.4, -0.2) is 24.4 Å². The number of rotatable bonds is 3. The van der Waals surface area contributed by atoms with Crippen LogP contribution in [0.3, 0.4) is 0 Å². The first kappa shape index (κ1) is 11.1. The Morgan fingerprint density at radius 1 is 1.50 bits per heavy atom. The monoisotopic (exact) mass is 218 g/mol. The zero-order valence-corrected chi connectivity index (χ0v) is 9.72. The van der Waals surface area contributed by atoms with E-state index in [2.05, 4.69) is 16.8 Å². The van der Waals surface area contributed by atoms with Gasteiger partial charge in [-0.05, 0) is 36.5 Å². The van der Waals surface area contributed by atoms with Crippen LogP contribution in [0.2, 0.25) is 0 Å². The molecular weight excluding hydrogens is 200 g/mol. The molecule has 1 fully saturated rings. The average Bonchev–Trinajstić information content (AvgIpc) is 2.31. The lowest BCUT2D eigenvalue weighted by atomic mass is 9.99. The topological polar surface area (TPSA) is 33.2 Å². The molecule has 86 valence electrons. The predicted octanol–water partition coefficient (Wildman–Crippen LogP) is 2.06. The van der Waals surface area contributed by atoms with Crippen LogP contribution >= 0.6 is 0 Å². The normalized spacial score (nSPS) is 17.4. The SMILES string of the molecule is CC1CCN(c2cc(CC=O)ccn2)CC1. The molecule has 1 aromatic heterocycles. The first-order valence-electron chi connectivity index (χ1n) is 5.93. The molecule has 1 aliphatic heterocycles. The van der Waals surface area contributed by atoms with E-state index in [9.17, 15) is 4.79 Å². The first-order chi connectivity index (χ1) is 7.79. The van der Waals surface area contributed by atoms with Crippen molar-refractivity contribution < 1.29 is 4.79 Å². The Bertz CT molecular complexity index is 357. The summed E-state index contributed by atoms with van der Waals surface area (Å²) in [7, 11) is 0. The van der Waals surface area contributed by atoms with E-state index in [0.29, 0.717) is 6.42 Å². The highest BCUT2D eigenvalue weighted by molar-refractivity contribution is 5.56. The summed E-state index contributed by atoms with van der Waals surface area (Å²) in [5.41, 5.74) is 1.05. The van der Waals surface area contributed by atoms with E-state index in [0.717, 1.165) is 36.7 Å². The van der Waals surface area contributed by atoms with Crippen LogP contribution in [0, 0.1) is 5.92 Å². The molecule has 2 heterocycles. The molecule has 1 saturated heterocycles. The molecule has 2 rings (SSSR count). The molecule has 3 nitrogen and oxygen atoms in total. The second kappa shape index (κ2) is 5.10. The molecule has 1 aliphatic rings. The third kappa shape index (κ3) is 2.60. The highest BCUT2D eigenvalue weighted by atomic mass is 16.1. The van der Waals surface area contributed by atoms with E-state index in [4.69, 9.17) is 0 Å². The van der Waals surface area contributed by atoms with Gasteiger partial charge < -0.3 is 9.69 Å². The molecule has 1 aromatic rings. The van der Waals surface area contributed by atoms with Crippen LogP contribution in [0.25, 0.3) is 0 Å². The summed E-state index contributed by atoms with van der Waals surface area (Å²) >= 11 is 0. The molecular formula is C13H18N2O. The summed E-state index contributed by atoms with van der Waals surface area (Å²) < 4.78 is 0. The minimum Gasteiger partial charge on any atom is -0.357 e. The van der Waals surface area contributed by atoms with Crippen molar-refractivity contribution in [3.63, 3.8) is 0 Å². The van der Waals surface area contributed by atoms with Crippen molar-refractivity contribution in [2.75, 3.05) is 18.0 Å². The van der Waals surface area contributed by atoms with E-state index in [-0.39, 0.29) is 0 Å². The molecule has 0 atom stereocenters. The van der Waals surface area contributed by atoms with Gasteiger partial charge in [-0.2, -0.15) is 0 Å². The van der Waals surface area contributed by atoms with Gasteiger partial charge in [0, 0.05) is 25.7 Å². The van der Waals surface area contributed by atoms with E-state index < -0.39 is 0 Å². The maximum absolute atomic E-state index is 10.5. The highest BCUT2D eigenvalue weighted by Crippen LogP contribution is 2.21. The number of piperidine rings is 1. The summed E-state index contributed by atoms with van der Waals surface area (Å²) in [6.07, 6.45) is 5.70. The van der Waals surface area contributed by atoms with Crippen molar-refractivity contribution in [1.29, 1.82) is 0 Å². The molecule has 0 radical (unpaired) electrons. The molecule has 16 heavy (non-hydrogen) atoms. The summed E-state index contributed by atoms with van der Waals surface area (Å²) in [5.74, 6) is 1.85. The van der Waals surface area contributed by atoms with Gasteiger partial charge in [-0.25, -0.2) is 4.98 Å². The van der Waals surface area contributed by atoms with Crippen LogP contribution in [0.4, 0.5) is 5.82 Å². The second-order valence-electron chi connectivity index (χ2n) is 4.56. The smallest absolute Gasteiger partial charge is 0.128 e. The Morgan fingerprint density at radius 3 is 2.94 bits per heavy atom. The molecule has 0 aromatic carbocycles. The molecule has 0 spiro atoms. The number of anilines is 1. The van der Waals surface area contributed by atoms with Crippen molar-refractivity contribution in [1.82, 2.24) is 4.98 Å². The Morgan fingerprint density at radius 2 is 2.25 bits per heavy atom. The van der Waals surface area contributed by atoms with E-state index in [1.54, 1.807) is 6.20 Å². The molecule has 0 bridgehead atoms. The van der Waals surface area contributed by atoms with Crippen LogP contribution in [-0.2, 0) is 11.2 Å². The van der Waals surface area contributed by atoms with Gasteiger partial charge in [0.05, 0.1) is 0 Å². The van der Waals surface area contributed by atoms with Gasteiger partial charge in [-0.1, -0.05) is 6.92 Å². The van der Waals surface area contributed by atoms with Crippen LogP contribution in [0.5, 0.6) is 0 Å². The Balaban J connectivity index is 2.08. The summed E-state index contributed by atoms with van der Waals surface area (Å²) in [4.78, 5) is 17.2. The number of nitrogens with zero attached hydrogens (tertiary/aromatic N) is 2. The number of aromatic nitrogens is 1. The molecule has 3 heteroatoms. The van der Waals surface area contributed by atoms with Crippen LogP contribution in [0.1, 0.15) is 25.3 Å². The minimum atomic E-state index is 0.486. The molecule has 0 saturated carbocycles. The van der Waals surface area contributed by atoms with Gasteiger partial charge in [-0.15, -0.1) is 0 Å². The maximum Gasteiger partial charge on any atom is 0.128 e. The standard InChI is InChI=1S/C13H18N2O/c1-11-3-7-15(8-4-11)13-10-12(5-9-16)2-6-14-13/h2,6,9-11H,3-5,7-8H2,1H3. The second-order valence-corrected chi connectivity index (χ2v) is 4.56. The maximum atomic E-state index is 10.5. The lowest BCUT2D eigenvalue weighted by molar-refractivity contribution is -0.107. The van der Waals surface area contributed by atoms with Crippen LogP contribution < -0.4 is 4.90 Å². The highest BCUT2D eigenvalue weighted by Gasteiger charge is 2.16. The Kier molecular flexibility index (Phi) is 3.54. The predicted molar refractivity (Wildman–Crippen MR) is 64.6 cm³/mol. The summed E-state index contributed by atoms with van der Waals surface area (Å²) in [6, 6.07) is 3.94. The Hall–Kier alpha value is -1.38. The molecule has 0 aliphatic carbocycles. The minimum absolute atomic E-state index is 0.486. The van der Waals surface area contributed by atoms with Crippen molar-refractivity contribution in [3.05, 3.63) is 23.9 Å². The third-order valence-corrected chi connectivity index (χ3v) is 3.24. The van der Waals surface area contributed by atoms with E-state index in [1.807, 2.05) is 12.1 Å². The van der Waals surface area contributed by atoms with Gasteiger partial charge in [0.25, 0.3) is 0 Å². The van der Waals surface area contributed by atoms with Crippen molar-refractivity contribution in [2.24, 2.45) is 5.92 Å². The van der Waals surface area contributed by atoms with Crippen molar-refractivity contribution >= 4 is 12.1 Å². The van der Waals surface area contributed by atoms with Gasteiger partial charge in [0.15, 0.2) is 0 Å². The molecule has 0 amide bonds. The zero-order chi connectivity index (χ0) is 11.4. The lowest BCUT2D eigenvalue weighted by Crippen LogP contribution is -2.33. The fourth-order valence-corrected chi connectivity index (χ4v) is 2.09. The third-order valence-electron chi connectivity index (χ3n) is 3.24. The van der Waals surface area contributed by atoms with Gasteiger partial charge in [0.2, 0.25) is 0 Å². The lowest BCUT2D eigenvalue weighted by Gasteiger charge is -2.31. The van der Waals surface area contributed by atoms with Crippen molar-refractivity contribution in [3.8, 4) is 0 Å². The summed E-state index contributed by atoms with van der Waals surface area (Å²) in [5, 5.41) is 0. The van der Waals surface area contributed by atoms with Gasteiger partial charge >= 0.3 is 0 Å². The van der Waals surface area contributed by atoms with Crippen molar-refractivity contribution in [2.45, 2.75) is 26.2 Å². The fraction of sp³-hybridized carbons (Fsp3) is 0.538. The quantitative estimate of drug-likeness (QED) is 0.728. The zero-order valence-electron chi connectivity index (χ0n) is 9.72. The van der Waals surface area contributed by atoms with Crippen LogP contribution in [0.15, 0.2) is 18.3 Å². The fourth-order valence-electron chi connectivity index (χ4n) is 2.09. The molecule has 0 N–H and O–H groups in total. The number of pyridine rings is 1. The first-order valence-corrected chi connectivity index (χ1v) is 5.93. The number of carbonyl (C=O) groups excluding carboxylic acids is 1. The van der Waals surface area contributed by atoms with Gasteiger partial charge in [0.1, 0.15) is 12.1 Å². The van der Waals surface area contributed by atoms with Gasteiger partial charge in [-0.3, -0.25) is 0 Å². The molecule has 0 unspecified atom stereocenters. The Labute approximate surface area is 96.5 Å². The summed E-state index contributed by atoms with van der Waals surface area (Å²) in [6.45, 7) is 4.46.